The Morgan fingerprint density at radius 2 is 1.54 bits per heavy atom. The number of hydrogen-bond donors (Lipinski definition) is 2. The van der Waals surface area contributed by atoms with E-state index in [9.17, 15) is 4.79 Å². The molecule has 0 fully saturated rings. The number of hydrogen-bond acceptors (Lipinski definition) is 4. The van der Waals surface area contributed by atoms with E-state index in [1.807, 2.05) is 30.3 Å². The lowest BCUT2D eigenvalue weighted by molar-refractivity contribution is 0.252. The second-order valence-electron chi connectivity index (χ2n) is 5.70. The fourth-order valence-electron chi connectivity index (χ4n) is 2.60. The number of nitrogens with one attached hydrogen (secondary N) is 2. The van der Waals surface area contributed by atoms with Crippen LogP contribution in [0.15, 0.2) is 36.4 Å². The molecule has 2 N–H and O–H groups in total. The Labute approximate surface area is 154 Å². The normalized spacial score (nSPS) is 10.2. The van der Waals surface area contributed by atoms with Gasteiger partial charge in [-0.25, -0.2) is 4.79 Å². The lowest BCUT2D eigenvalue weighted by atomic mass is 10.1. The van der Waals surface area contributed by atoms with Crippen molar-refractivity contribution in [2.75, 3.05) is 33.2 Å². The number of methoxy groups -OCH3 is 3. The van der Waals surface area contributed by atoms with Gasteiger partial charge in [0, 0.05) is 18.3 Å². The molecule has 26 heavy (non-hydrogen) atoms. The maximum absolute atomic E-state index is 12.0. The van der Waals surface area contributed by atoms with E-state index in [1.165, 1.54) is 5.56 Å². The van der Waals surface area contributed by atoms with Crippen molar-refractivity contribution in [3.8, 4) is 17.2 Å². The number of benzene rings is 2. The first-order chi connectivity index (χ1) is 12.6. The smallest absolute Gasteiger partial charge is 0.319 e. The molecule has 6 heteroatoms. The van der Waals surface area contributed by atoms with Crippen LogP contribution in [0.4, 0.5) is 10.5 Å². The first kappa shape index (κ1) is 19.4. The van der Waals surface area contributed by atoms with Crippen LogP contribution in [-0.4, -0.2) is 33.9 Å². The SMILES string of the molecule is CCc1ccc(NC(=O)NCCc2cc(OC)c(OC)cc2OC)cc1. The monoisotopic (exact) mass is 358 g/mol. The van der Waals surface area contributed by atoms with Crippen molar-refractivity contribution in [1.82, 2.24) is 5.32 Å². The number of aryl methyl sites for hydroxylation is 1. The largest absolute Gasteiger partial charge is 0.496 e. The maximum Gasteiger partial charge on any atom is 0.319 e. The van der Waals surface area contributed by atoms with E-state index < -0.39 is 0 Å². The van der Waals surface area contributed by atoms with Gasteiger partial charge in [0.25, 0.3) is 0 Å². The molecular weight excluding hydrogens is 332 g/mol. The number of amides is 2. The Morgan fingerprint density at radius 1 is 0.923 bits per heavy atom. The summed E-state index contributed by atoms with van der Waals surface area (Å²) in [6.45, 7) is 2.56. The Hall–Kier alpha value is -2.89. The maximum atomic E-state index is 12.0. The number of urea groups is 1. The van der Waals surface area contributed by atoms with Crippen molar-refractivity contribution >= 4 is 11.7 Å². The van der Waals surface area contributed by atoms with Crippen LogP contribution in [0.2, 0.25) is 0 Å². The molecule has 2 aromatic carbocycles. The lowest BCUT2D eigenvalue weighted by Gasteiger charge is -2.14. The topological polar surface area (TPSA) is 68.8 Å². The summed E-state index contributed by atoms with van der Waals surface area (Å²) in [7, 11) is 4.77. The van der Waals surface area contributed by atoms with Crippen LogP contribution in [0, 0.1) is 0 Å². The second kappa shape index (κ2) is 9.56. The number of ether oxygens (including phenoxy) is 3. The van der Waals surface area contributed by atoms with Gasteiger partial charge in [0.15, 0.2) is 11.5 Å². The van der Waals surface area contributed by atoms with E-state index in [0.717, 1.165) is 17.7 Å². The highest BCUT2D eigenvalue weighted by Crippen LogP contribution is 2.34. The molecule has 2 aromatic rings. The average Bonchev–Trinajstić information content (AvgIpc) is 2.68. The van der Waals surface area contributed by atoms with Crippen molar-refractivity contribution in [3.05, 3.63) is 47.5 Å². The zero-order valence-electron chi connectivity index (χ0n) is 15.7. The summed E-state index contributed by atoms with van der Waals surface area (Å²) in [6.07, 6.45) is 1.57. The van der Waals surface area contributed by atoms with Crippen molar-refractivity contribution in [1.29, 1.82) is 0 Å². The fourth-order valence-corrected chi connectivity index (χ4v) is 2.60. The third-order valence-electron chi connectivity index (χ3n) is 4.09. The summed E-state index contributed by atoms with van der Waals surface area (Å²) in [5.74, 6) is 1.93. The summed E-state index contributed by atoms with van der Waals surface area (Å²) in [5, 5.41) is 5.67. The number of carbonyl (C=O) groups excluding carboxylic acids is 1. The summed E-state index contributed by atoms with van der Waals surface area (Å²) >= 11 is 0. The highest BCUT2D eigenvalue weighted by Gasteiger charge is 2.12. The average molecular weight is 358 g/mol. The minimum Gasteiger partial charge on any atom is -0.496 e. The van der Waals surface area contributed by atoms with Gasteiger partial charge in [-0.1, -0.05) is 19.1 Å². The van der Waals surface area contributed by atoms with Crippen LogP contribution in [0.3, 0.4) is 0 Å². The van der Waals surface area contributed by atoms with Crippen molar-refractivity contribution in [2.45, 2.75) is 19.8 Å². The molecule has 0 aliphatic rings. The highest BCUT2D eigenvalue weighted by atomic mass is 16.5. The standard InChI is InChI=1S/C20H26N2O4/c1-5-14-6-8-16(9-7-14)22-20(23)21-11-10-15-12-18(25-3)19(26-4)13-17(15)24-2/h6-9,12-13H,5,10-11H2,1-4H3,(H2,21,22,23). The van der Waals surface area contributed by atoms with Crippen molar-refractivity contribution in [2.24, 2.45) is 0 Å². The van der Waals surface area contributed by atoms with Gasteiger partial charge in [-0.15, -0.1) is 0 Å². The Bertz CT molecular complexity index is 729. The van der Waals surface area contributed by atoms with Crippen LogP contribution in [0.25, 0.3) is 0 Å². The van der Waals surface area contributed by atoms with E-state index in [1.54, 1.807) is 27.4 Å². The van der Waals surface area contributed by atoms with Crippen molar-refractivity contribution < 1.29 is 19.0 Å². The molecule has 0 heterocycles. The number of anilines is 1. The number of rotatable bonds is 8. The van der Waals surface area contributed by atoms with E-state index in [4.69, 9.17) is 14.2 Å². The van der Waals surface area contributed by atoms with E-state index in [0.29, 0.717) is 30.2 Å². The Kier molecular flexibility index (Phi) is 7.14. The van der Waals surface area contributed by atoms with Crippen LogP contribution >= 0.6 is 0 Å². The third kappa shape index (κ3) is 5.05. The van der Waals surface area contributed by atoms with Crippen LogP contribution in [0.1, 0.15) is 18.1 Å². The van der Waals surface area contributed by atoms with Gasteiger partial charge >= 0.3 is 6.03 Å². The highest BCUT2D eigenvalue weighted by molar-refractivity contribution is 5.89. The molecule has 0 spiro atoms. The molecule has 0 aliphatic carbocycles. The minimum atomic E-state index is -0.242. The zero-order chi connectivity index (χ0) is 18.9. The molecule has 0 aliphatic heterocycles. The van der Waals surface area contributed by atoms with Gasteiger partial charge in [0.05, 0.1) is 21.3 Å². The molecule has 140 valence electrons. The molecule has 2 rings (SSSR count). The molecule has 2 amide bonds. The summed E-state index contributed by atoms with van der Waals surface area (Å²) in [5.41, 5.74) is 2.93. The van der Waals surface area contributed by atoms with Gasteiger partial charge in [-0.2, -0.15) is 0 Å². The zero-order valence-corrected chi connectivity index (χ0v) is 15.7. The minimum absolute atomic E-state index is 0.242. The predicted molar refractivity (Wildman–Crippen MR) is 103 cm³/mol. The summed E-state index contributed by atoms with van der Waals surface area (Å²) < 4.78 is 16.0. The van der Waals surface area contributed by atoms with Crippen LogP contribution in [0.5, 0.6) is 17.2 Å². The van der Waals surface area contributed by atoms with E-state index in [2.05, 4.69) is 17.6 Å². The fraction of sp³-hybridized carbons (Fsp3) is 0.350. The third-order valence-corrected chi connectivity index (χ3v) is 4.09. The molecule has 0 bridgehead atoms. The van der Waals surface area contributed by atoms with Crippen molar-refractivity contribution in [3.63, 3.8) is 0 Å². The molecule has 0 saturated heterocycles. The summed E-state index contributed by atoms with van der Waals surface area (Å²) in [6, 6.07) is 11.2. The first-order valence-corrected chi connectivity index (χ1v) is 8.54. The quantitative estimate of drug-likeness (QED) is 0.756. The molecule has 0 radical (unpaired) electrons. The van der Waals surface area contributed by atoms with E-state index in [-0.39, 0.29) is 6.03 Å². The van der Waals surface area contributed by atoms with Gasteiger partial charge in [0.1, 0.15) is 5.75 Å². The number of carbonyl (C=O) groups is 1. The molecule has 0 atom stereocenters. The molecular formula is C20H26N2O4. The molecule has 6 nitrogen and oxygen atoms in total. The van der Waals surface area contributed by atoms with E-state index >= 15 is 0 Å². The van der Waals surface area contributed by atoms with Gasteiger partial charge in [0.2, 0.25) is 0 Å². The van der Waals surface area contributed by atoms with Gasteiger partial charge in [-0.05, 0) is 42.2 Å². The second-order valence-corrected chi connectivity index (χ2v) is 5.70. The lowest BCUT2D eigenvalue weighted by Crippen LogP contribution is -2.30. The Morgan fingerprint density at radius 3 is 2.12 bits per heavy atom. The van der Waals surface area contributed by atoms with Gasteiger partial charge < -0.3 is 24.8 Å². The Balaban J connectivity index is 1.92. The van der Waals surface area contributed by atoms with Gasteiger partial charge in [-0.3, -0.25) is 0 Å². The predicted octanol–water partition coefficient (Wildman–Crippen LogP) is 3.64. The summed E-state index contributed by atoms with van der Waals surface area (Å²) in [4.78, 5) is 12.0. The van der Waals surface area contributed by atoms with Crippen LogP contribution in [-0.2, 0) is 12.8 Å². The molecule has 0 saturated carbocycles. The first-order valence-electron chi connectivity index (χ1n) is 8.54. The molecule has 0 aromatic heterocycles. The van der Waals surface area contributed by atoms with Crippen LogP contribution < -0.4 is 24.8 Å². The molecule has 0 unspecified atom stereocenters.